The minimum Gasteiger partial charge on any atom is -0.381 e. The van der Waals surface area contributed by atoms with Crippen LogP contribution in [0.4, 0.5) is 5.82 Å². The number of fused-ring (bicyclic) bond motifs is 1. The Morgan fingerprint density at radius 1 is 1.28 bits per heavy atom. The van der Waals surface area contributed by atoms with Crippen molar-refractivity contribution in [2.75, 3.05) is 25.6 Å². The molecule has 1 atom stereocenters. The monoisotopic (exact) mass is 355 g/mol. The molecule has 3 heterocycles. The summed E-state index contributed by atoms with van der Waals surface area (Å²) in [6.07, 6.45) is 1.01. The largest absolute Gasteiger partial charge is 0.381 e. The van der Waals surface area contributed by atoms with Crippen molar-refractivity contribution in [3.63, 3.8) is 0 Å². The SMILES string of the molecule is COCc1nc(NCc2ccc3sccc3c2)cc(C2CCOC2)n1. The van der Waals surface area contributed by atoms with E-state index in [2.05, 4.69) is 44.9 Å². The van der Waals surface area contributed by atoms with Gasteiger partial charge in [-0.2, -0.15) is 0 Å². The van der Waals surface area contributed by atoms with Gasteiger partial charge in [0.05, 0.1) is 12.3 Å². The van der Waals surface area contributed by atoms with Crippen LogP contribution in [0.3, 0.4) is 0 Å². The van der Waals surface area contributed by atoms with Gasteiger partial charge in [-0.05, 0) is 40.9 Å². The third kappa shape index (κ3) is 3.81. The lowest BCUT2D eigenvalue weighted by Gasteiger charge is -2.13. The fourth-order valence-corrected chi connectivity index (χ4v) is 3.87. The van der Waals surface area contributed by atoms with Crippen molar-refractivity contribution in [2.24, 2.45) is 0 Å². The van der Waals surface area contributed by atoms with Crippen LogP contribution < -0.4 is 5.32 Å². The Kier molecular flexibility index (Phi) is 4.92. The van der Waals surface area contributed by atoms with E-state index in [9.17, 15) is 0 Å². The van der Waals surface area contributed by atoms with Gasteiger partial charge in [0.1, 0.15) is 12.4 Å². The molecule has 1 aliphatic heterocycles. The first-order valence-corrected chi connectivity index (χ1v) is 9.34. The van der Waals surface area contributed by atoms with Gasteiger partial charge >= 0.3 is 0 Å². The normalized spacial score (nSPS) is 17.2. The number of benzene rings is 1. The van der Waals surface area contributed by atoms with Crippen LogP contribution in [0.1, 0.15) is 29.4 Å². The van der Waals surface area contributed by atoms with E-state index in [0.717, 1.165) is 37.7 Å². The van der Waals surface area contributed by atoms with Crippen molar-refractivity contribution in [1.29, 1.82) is 0 Å². The molecule has 3 aromatic rings. The molecule has 1 aromatic carbocycles. The molecule has 0 radical (unpaired) electrons. The van der Waals surface area contributed by atoms with Gasteiger partial charge in [0.25, 0.3) is 0 Å². The fraction of sp³-hybridized carbons (Fsp3) is 0.368. The average Bonchev–Trinajstić information content (AvgIpc) is 3.31. The van der Waals surface area contributed by atoms with Gasteiger partial charge in [0, 0.05) is 36.9 Å². The second-order valence-corrected chi connectivity index (χ2v) is 7.18. The Bertz CT molecular complexity index is 859. The van der Waals surface area contributed by atoms with E-state index >= 15 is 0 Å². The molecule has 2 aromatic heterocycles. The molecular weight excluding hydrogens is 334 g/mol. The predicted octanol–water partition coefficient (Wildman–Crippen LogP) is 3.95. The van der Waals surface area contributed by atoms with E-state index in [1.807, 2.05) is 6.07 Å². The Balaban J connectivity index is 1.53. The summed E-state index contributed by atoms with van der Waals surface area (Å²) in [5.74, 6) is 1.90. The highest BCUT2D eigenvalue weighted by Crippen LogP contribution is 2.26. The molecule has 130 valence electrons. The van der Waals surface area contributed by atoms with Crippen LogP contribution >= 0.6 is 11.3 Å². The van der Waals surface area contributed by atoms with Crippen LogP contribution in [0.2, 0.25) is 0 Å². The zero-order valence-corrected chi connectivity index (χ0v) is 15.0. The summed E-state index contributed by atoms with van der Waals surface area (Å²) in [7, 11) is 1.66. The number of thiophene rings is 1. The molecule has 5 nitrogen and oxygen atoms in total. The predicted molar refractivity (Wildman–Crippen MR) is 100 cm³/mol. The number of nitrogens with one attached hydrogen (secondary N) is 1. The van der Waals surface area contributed by atoms with Gasteiger partial charge in [-0.1, -0.05) is 6.07 Å². The zero-order valence-electron chi connectivity index (χ0n) is 14.2. The van der Waals surface area contributed by atoms with E-state index in [-0.39, 0.29) is 0 Å². The molecule has 1 saturated heterocycles. The number of ether oxygens (including phenoxy) is 2. The summed E-state index contributed by atoms with van der Waals surface area (Å²) in [5.41, 5.74) is 2.28. The summed E-state index contributed by atoms with van der Waals surface area (Å²) in [5, 5.41) is 6.85. The summed E-state index contributed by atoms with van der Waals surface area (Å²) >= 11 is 1.77. The molecule has 0 spiro atoms. The third-order valence-electron chi connectivity index (χ3n) is 4.40. The molecule has 0 saturated carbocycles. The number of rotatable bonds is 6. The Labute approximate surface area is 151 Å². The summed E-state index contributed by atoms with van der Waals surface area (Å²) in [6.45, 7) is 2.68. The van der Waals surface area contributed by atoms with E-state index < -0.39 is 0 Å². The molecule has 25 heavy (non-hydrogen) atoms. The van der Waals surface area contributed by atoms with Gasteiger partial charge < -0.3 is 14.8 Å². The van der Waals surface area contributed by atoms with Crippen molar-refractivity contribution < 1.29 is 9.47 Å². The van der Waals surface area contributed by atoms with E-state index in [4.69, 9.17) is 9.47 Å². The lowest BCUT2D eigenvalue weighted by atomic mass is 10.0. The summed E-state index contributed by atoms with van der Waals surface area (Å²) in [4.78, 5) is 9.22. The van der Waals surface area contributed by atoms with Gasteiger partial charge in [0.2, 0.25) is 0 Å². The van der Waals surface area contributed by atoms with Crippen LogP contribution in [-0.4, -0.2) is 30.3 Å². The van der Waals surface area contributed by atoms with Gasteiger partial charge in [0.15, 0.2) is 5.82 Å². The number of hydrogen-bond donors (Lipinski definition) is 1. The molecule has 1 unspecified atom stereocenters. The summed E-state index contributed by atoms with van der Waals surface area (Å²) < 4.78 is 12.0. The number of anilines is 1. The number of nitrogens with zero attached hydrogens (tertiary/aromatic N) is 2. The van der Waals surface area contributed by atoms with Crippen LogP contribution in [-0.2, 0) is 22.6 Å². The van der Waals surface area contributed by atoms with Crippen molar-refractivity contribution in [2.45, 2.75) is 25.5 Å². The lowest BCUT2D eigenvalue weighted by Crippen LogP contribution is -2.10. The van der Waals surface area contributed by atoms with Gasteiger partial charge in [-0.25, -0.2) is 9.97 Å². The number of aromatic nitrogens is 2. The number of hydrogen-bond acceptors (Lipinski definition) is 6. The Morgan fingerprint density at radius 3 is 3.08 bits per heavy atom. The molecule has 1 aliphatic rings. The molecule has 0 aliphatic carbocycles. The van der Waals surface area contributed by atoms with Crippen molar-refractivity contribution >= 4 is 27.2 Å². The van der Waals surface area contributed by atoms with E-state index in [1.165, 1.54) is 15.6 Å². The maximum absolute atomic E-state index is 5.50. The minimum atomic E-state index is 0.348. The van der Waals surface area contributed by atoms with E-state index in [0.29, 0.717) is 18.3 Å². The second kappa shape index (κ2) is 7.47. The first kappa shape index (κ1) is 16.4. The molecule has 1 fully saturated rings. The molecular formula is C19H21N3O2S. The smallest absolute Gasteiger partial charge is 0.156 e. The van der Waals surface area contributed by atoms with Crippen LogP contribution in [0.15, 0.2) is 35.7 Å². The summed E-state index contributed by atoms with van der Waals surface area (Å²) in [6, 6.07) is 10.8. The lowest BCUT2D eigenvalue weighted by molar-refractivity contribution is 0.177. The topological polar surface area (TPSA) is 56.3 Å². The zero-order chi connectivity index (χ0) is 17.1. The maximum atomic E-state index is 5.50. The standard InChI is InChI=1S/C19H21N3O2S/c1-23-12-19-21-16(15-4-6-24-11-15)9-18(22-19)20-10-13-2-3-17-14(8-13)5-7-25-17/h2-3,5,7-9,15H,4,6,10-12H2,1H3,(H,20,21,22). The van der Waals surface area contributed by atoms with E-state index in [1.54, 1.807) is 18.4 Å². The third-order valence-corrected chi connectivity index (χ3v) is 5.30. The second-order valence-electron chi connectivity index (χ2n) is 6.23. The highest BCUT2D eigenvalue weighted by Gasteiger charge is 2.20. The first-order valence-electron chi connectivity index (χ1n) is 8.46. The number of methoxy groups -OCH3 is 1. The first-order chi connectivity index (χ1) is 12.3. The van der Waals surface area contributed by atoms with Gasteiger partial charge in [-0.3, -0.25) is 0 Å². The van der Waals surface area contributed by atoms with Crippen molar-refractivity contribution in [1.82, 2.24) is 9.97 Å². The van der Waals surface area contributed by atoms with Crippen LogP contribution in [0.5, 0.6) is 0 Å². The molecule has 6 heteroatoms. The molecule has 1 N–H and O–H groups in total. The van der Waals surface area contributed by atoms with Crippen LogP contribution in [0, 0.1) is 0 Å². The van der Waals surface area contributed by atoms with Crippen molar-refractivity contribution in [3.05, 3.63) is 52.8 Å². The maximum Gasteiger partial charge on any atom is 0.156 e. The quantitative estimate of drug-likeness (QED) is 0.725. The highest BCUT2D eigenvalue weighted by atomic mass is 32.1. The van der Waals surface area contributed by atoms with Crippen molar-refractivity contribution in [3.8, 4) is 0 Å². The molecule has 4 rings (SSSR count). The highest BCUT2D eigenvalue weighted by molar-refractivity contribution is 7.17. The Hall–Kier alpha value is -2.02. The average molecular weight is 355 g/mol. The molecule has 0 amide bonds. The minimum absolute atomic E-state index is 0.348. The molecule has 0 bridgehead atoms. The Morgan fingerprint density at radius 2 is 2.24 bits per heavy atom. The van der Waals surface area contributed by atoms with Gasteiger partial charge in [-0.15, -0.1) is 11.3 Å². The van der Waals surface area contributed by atoms with Crippen LogP contribution in [0.25, 0.3) is 10.1 Å². The fourth-order valence-electron chi connectivity index (χ4n) is 3.10.